The fraction of sp³-hybridized carbons (Fsp3) is 0.235. The van der Waals surface area contributed by atoms with Gasteiger partial charge < -0.3 is 14.2 Å². The van der Waals surface area contributed by atoms with Crippen molar-refractivity contribution in [3.63, 3.8) is 0 Å². The number of carbonyl (C=O) groups is 1. The van der Waals surface area contributed by atoms with E-state index in [-0.39, 0.29) is 12.5 Å². The second-order valence-corrected chi connectivity index (χ2v) is 6.21. The molecule has 1 amide bonds. The third-order valence-electron chi connectivity index (χ3n) is 3.52. The highest BCUT2D eigenvalue weighted by Crippen LogP contribution is 2.21. The van der Waals surface area contributed by atoms with Crippen LogP contribution in [0.25, 0.3) is 10.7 Å². The number of methoxy groups -OCH3 is 1. The molecule has 3 rings (SSSR count). The maximum Gasteiger partial charge on any atom is 0.246 e. The molecule has 0 saturated carbocycles. The molecule has 0 radical (unpaired) electrons. The Morgan fingerprint density at radius 2 is 2.08 bits per heavy atom. The monoisotopic (exact) mass is 343 g/mol. The molecule has 2 aromatic heterocycles. The number of rotatable bonds is 6. The lowest BCUT2D eigenvalue weighted by atomic mass is 10.1. The van der Waals surface area contributed by atoms with Crippen LogP contribution >= 0.6 is 11.3 Å². The number of likely N-dealkylation sites (N-methyl/N-ethyl adjacent to an activating group) is 1. The molecule has 0 aliphatic rings. The fourth-order valence-electron chi connectivity index (χ4n) is 2.17. The molecule has 3 aromatic rings. The smallest absolute Gasteiger partial charge is 0.246 e. The normalized spacial score (nSPS) is 10.6. The van der Waals surface area contributed by atoms with Crippen molar-refractivity contribution in [2.45, 2.75) is 13.0 Å². The lowest BCUT2D eigenvalue weighted by molar-refractivity contribution is -0.130. The summed E-state index contributed by atoms with van der Waals surface area (Å²) < 4.78 is 10.3. The van der Waals surface area contributed by atoms with E-state index in [1.54, 1.807) is 30.4 Å². The van der Waals surface area contributed by atoms with Crippen LogP contribution in [0.3, 0.4) is 0 Å². The van der Waals surface area contributed by atoms with E-state index >= 15 is 0 Å². The van der Waals surface area contributed by atoms with Gasteiger partial charge in [-0.15, -0.1) is 11.3 Å². The van der Waals surface area contributed by atoms with Crippen LogP contribution in [-0.4, -0.2) is 35.1 Å². The van der Waals surface area contributed by atoms with Gasteiger partial charge in [-0.1, -0.05) is 23.4 Å². The SMILES string of the molecule is COc1ccc(CC(=O)N(C)Cc2nc(-c3cccs3)no2)cc1. The minimum atomic E-state index is -0.0176. The maximum atomic E-state index is 12.3. The van der Waals surface area contributed by atoms with Gasteiger partial charge in [-0.2, -0.15) is 4.98 Å². The summed E-state index contributed by atoms with van der Waals surface area (Å²) in [4.78, 5) is 19.2. The van der Waals surface area contributed by atoms with Crippen LogP contribution in [0.4, 0.5) is 0 Å². The lowest BCUT2D eigenvalue weighted by Crippen LogP contribution is -2.27. The molecular formula is C17H17N3O3S. The van der Waals surface area contributed by atoms with Crippen molar-refractivity contribution in [3.8, 4) is 16.5 Å². The van der Waals surface area contributed by atoms with Crippen molar-refractivity contribution in [3.05, 3.63) is 53.2 Å². The van der Waals surface area contributed by atoms with E-state index in [1.165, 1.54) is 0 Å². The molecule has 2 heterocycles. The first kappa shape index (κ1) is 16.2. The summed E-state index contributed by atoms with van der Waals surface area (Å²) in [5.41, 5.74) is 0.928. The van der Waals surface area contributed by atoms with Gasteiger partial charge in [0.05, 0.1) is 25.0 Å². The topological polar surface area (TPSA) is 68.5 Å². The van der Waals surface area contributed by atoms with Crippen LogP contribution in [0.5, 0.6) is 5.75 Å². The average molecular weight is 343 g/mol. The predicted octanol–water partition coefficient (Wildman–Crippen LogP) is 3.01. The van der Waals surface area contributed by atoms with E-state index in [1.807, 2.05) is 41.8 Å². The van der Waals surface area contributed by atoms with Gasteiger partial charge in [0.15, 0.2) is 0 Å². The Kier molecular flexibility index (Phi) is 4.90. The predicted molar refractivity (Wildman–Crippen MR) is 90.8 cm³/mol. The molecule has 0 spiro atoms. The Morgan fingerprint density at radius 1 is 1.29 bits per heavy atom. The lowest BCUT2D eigenvalue weighted by Gasteiger charge is -2.14. The molecule has 0 fully saturated rings. The molecule has 0 unspecified atom stereocenters. The summed E-state index contributed by atoms with van der Waals surface area (Å²) >= 11 is 1.54. The first-order valence-corrected chi connectivity index (χ1v) is 8.27. The van der Waals surface area contributed by atoms with E-state index < -0.39 is 0 Å². The molecule has 24 heavy (non-hydrogen) atoms. The number of benzene rings is 1. The molecule has 0 saturated heterocycles. The zero-order valence-corrected chi connectivity index (χ0v) is 14.2. The van der Waals surface area contributed by atoms with Crippen LogP contribution in [0, 0.1) is 0 Å². The highest BCUT2D eigenvalue weighted by atomic mass is 32.1. The minimum absolute atomic E-state index is 0.0176. The zero-order chi connectivity index (χ0) is 16.9. The highest BCUT2D eigenvalue weighted by molar-refractivity contribution is 7.13. The minimum Gasteiger partial charge on any atom is -0.497 e. The van der Waals surface area contributed by atoms with Crippen molar-refractivity contribution in [1.82, 2.24) is 15.0 Å². The van der Waals surface area contributed by atoms with Crippen LogP contribution in [0.2, 0.25) is 0 Å². The highest BCUT2D eigenvalue weighted by Gasteiger charge is 2.15. The Hall–Kier alpha value is -2.67. The summed E-state index contributed by atoms with van der Waals surface area (Å²) in [5, 5.41) is 5.90. The second kappa shape index (κ2) is 7.27. The van der Waals surface area contributed by atoms with Gasteiger partial charge in [-0.05, 0) is 29.1 Å². The number of hydrogen-bond donors (Lipinski definition) is 0. The summed E-state index contributed by atoms with van der Waals surface area (Å²) in [7, 11) is 3.34. The summed E-state index contributed by atoms with van der Waals surface area (Å²) in [6, 6.07) is 11.3. The number of thiophene rings is 1. The van der Waals surface area contributed by atoms with Gasteiger partial charge >= 0.3 is 0 Å². The van der Waals surface area contributed by atoms with E-state index in [2.05, 4.69) is 10.1 Å². The van der Waals surface area contributed by atoms with E-state index in [4.69, 9.17) is 9.26 Å². The van der Waals surface area contributed by atoms with Crippen LogP contribution in [-0.2, 0) is 17.8 Å². The van der Waals surface area contributed by atoms with Crippen molar-refractivity contribution in [2.75, 3.05) is 14.2 Å². The van der Waals surface area contributed by atoms with E-state index in [0.29, 0.717) is 18.1 Å². The second-order valence-electron chi connectivity index (χ2n) is 5.26. The molecule has 0 atom stereocenters. The quantitative estimate of drug-likeness (QED) is 0.688. The summed E-state index contributed by atoms with van der Waals surface area (Å²) in [5.74, 6) is 1.72. The Balaban J connectivity index is 1.59. The van der Waals surface area contributed by atoms with Gasteiger partial charge in [0.2, 0.25) is 17.6 Å². The van der Waals surface area contributed by atoms with Crippen LogP contribution in [0.15, 0.2) is 46.3 Å². The average Bonchev–Trinajstić information content (AvgIpc) is 3.26. The first-order chi connectivity index (χ1) is 11.7. The number of hydrogen-bond acceptors (Lipinski definition) is 6. The van der Waals surface area contributed by atoms with Crippen molar-refractivity contribution >= 4 is 17.2 Å². The number of carbonyl (C=O) groups excluding carboxylic acids is 1. The molecule has 0 N–H and O–H groups in total. The third kappa shape index (κ3) is 3.80. The number of ether oxygens (including phenoxy) is 1. The Labute approximate surface area is 143 Å². The molecule has 0 aliphatic heterocycles. The molecule has 124 valence electrons. The number of amides is 1. The molecule has 7 heteroatoms. The number of nitrogens with zero attached hydrogens (tertiary/aromatic N) is 3. The molecular weight excluding hydrogens is 326 g/mol. The largest absolute Gasteiger partial charge is 0.497 e. The van der Waals surface area contributed by atoms with Gasteiger partial charge in [0.25, 0.3) is 0 Å². The molecule has 1 aromatic carbocycles. The molecule has 0 bridgehead atoms. The third-order valence-corrected chi connectivity index (χ3v) is 4.39. The Bertz CT molecular complexity index is 797. The van der Waals surface area contributed by atoms with Gasteiger partial charge in [-0.3, -0.25) is 4.79 Å². The van der Waals surface area contributed by atoms with Gasteiger partial charge in [0.1, 0.15) is 5.75 Å². The number of aromatic nitrogens is 2. The summed E-state index contributed by atoms with van der Waals surface area (Å²) in [6.45, 7) is 0.285. The van der Waals surface area contributed by atoms with Gasteiger partial charge in [-0.25, -0.2) is 0 Å². The van der Waals surface area contributed by atoms with Gasteiger partial charge in [0, 0.05) is 7.05 Å². The maximum absolute atomic E-state index is 12.3. The molecule has 0 aliphatic carbocycles. The van der Waals surface area contributed by atoms with E-state index in [0.717, 1.165) is 16.2 Å². The van der Waals surface area contributed by atoms with Crippen molar-refractivity contribution in [1.29, 1.82) is 0 Å². The summed E-state index contributed by atoms with van der Waals surface area (Å²) in [6.07, 6.45) is 0.312. The first-order valence-electron chi connectivity index (χ1n) is 7.39. The van der Waals surface area contributed by atoms with Crippen LogP contribution < -0.4 is 4.74 Å². The zero-order valence-electron chi connectivity index (χ0n) is 13.4. The standard InChI is InChI=1S/C17H17N3O3S/c1-20(16(21)10-12-5-7-13(22-2)8-6-12)11-15-18-17(19-23-15)14-4-3-9-24-14/h3-9H,10-11H2,1-2H3. The van der Waals surface area contributed by atoms with Crippen molar-refractivity contribution < 1.29 is 14.1 Å². The van der Waals surface area contributed by atoms with Crippen molar-refractivity contribution in [2.24, 2.45) is 0 Å². The van der Waals surface area contributed by atoms with Crippen LogP contribution in [0.1, 0.15) is 11.5 Å². The fourth-order valence-corrected chi connectivity index (χ4v) is 2.82. The molecule has 6 nitrogen and oxygen atoms in total. The van der Waals surface area contributed by atoms with E-state index in [9.17, 15) is 4.79 Å². The Morgan fingerprint density at radius 3 is 2.75 bits per heavy atom.